The van der Waals surface area contributed by atoms with Gasteiger partial charge >= 0.3 is 12.0 Å². The molecule has 0 aliphatic rings. The molecule has 258 valence electrons. The molecule has 0 fully saturated rings. The number of tetrazole rings is 2. The van der Waals surface area contributed by atoms with E-state index in [-0.39, 0.29) is 13.2 Å². The van der Waals surface area contributed by atoms with Crippen molar-refractivity contribution in [3.63, 3.8) is 0 Å². The molecular formula is C33H34N16O2. The Morgan fingerprint density at radius 3 is 1.61 bits per heavy atom. The molecule has 0 saturated carbocycles. The second-order valence-corrected chi connectivity index (χ2v) is 11.4. The molecule has 6 heterocycles. The average Bonchev–Trinajstić information content (AvgIpc) is 3.94. The molecule has 2 aromatic carbocycles. The van der Waals surface area contributed by atoms with Crippen LogP contribution in [0.4, 0.5) is 11.6 Å². The normalized spacial score (nSPS) is 11.0. The van der Waals surface area contributed by atoms with E-state index in [2.05, 4.69) is 56.3 Å². The molecule has 0 radical (unpaired) electrons. The lowest BCUT2D eigenvalue weighted by atomic mass is 10.3. The highest BCUT2D eigenvalue weighted by molar-refractivity contribution is 5.79. The van der Waals surface area contributed by atoms with E-state index in [0.29, 0.717) is 23.9 Å². The largest absolute Gasteiger partial charge is 0.458 e. The van der Waals surface area contributed by atoms with E-state index in [0.717, 1.165) is 45.1 Å². The highest BCUT2D eigenvalue weighted by atomic mass is 16.5. The summed E-state index contributed by atoms with van der Waals surface area (Å²) in [6, 6.07) is 27.9. The topological polar surface area (TPSA) is 182 Å². The molecule has 8 aromatic rings. The molecule has 0 spiro atoms. The van der Waals surface area contributed by atoms with Crippen LogP contribution in [0.5, 0.6) is 12.0 Å². The molecule has 51 heavy (non-hydrogen) atoms. The second-order valence-electron chi connectivity index (χ2n) is 11.4. The minimum atomic E-state index is 0.282. The Bertz CT molecular complexity index is 2410. The van der Waals surface area contributed by atoms with Crippen LogP contribution in [0.1, 0.15) is 11.4 Å². The van der Waals surface area contributed by atoms with Gasteiger partial charge in [-0.05, 0) is 69.4 Å². The van der Waals surface area contributed by atoms with Gasteiger partial charge in [0.15, 0.2) is 0 Å². The number of fused-ring (bicyclic) bond motifs is 2. The zero-order chi connectivity index (χ0) is 35.3. The molecule has 0 aliphatic heterocycles. The van der Waals surface area contributed by atoms with E-state index >= 15 is 0 Å². The van der Waals surface area contributed by atoms with Crippen LogP contribution in [0.25, 0.3) is 34.0 Å². The van der Waals surface area contributed by atoms with Crippen molar-refractivity contribution >= 4 is 33.7 Å². The number of hydrogen-bond acceptors (Lipinski definition) is 14. The van der Waals surface area contributed by atoms with Crippen molar-refractivity contribution in [3.05, 3.63) is 96.3 Å². The predicted octanol–water partition coefficient (Wildman–Crippen LogP) is 3.15. The van der Waals surface area contributed by atoms with Crippen molar-refractivity contribution in [3.8, 4) is 23.9 Å². The van der Waals surface area contributed by atoms with E-state index in [1.807, 2.05) is 111 Å². The lowest BCUT2D eigenvalue weighted by Crippen LogP contribution is -2.12. The van der Waals surface area contributed by atoms with Crippen LogP contribution in [0.3, 0.4) is 0 Å². The summed E-state index contributed by atoms with van der Waals surface area (Å²) in [5.74, 6) is 2.72. The van der Waals surface area contributed by atoms with Gasteiger partial charge in [0.1, 0.15) is 24.8 Å². The van der Waals surface area contributed by atoms with E-state index in [1.165, 1.54) is 0 Å². The Balaban J connectivity index is 0.000000159. The molecule has 0 bridgehead atoms. The van der Waals surface area contributed by atoms with Crippen LogP contribution >= 0.6 is 0 Å². The van der Waals surface area contributed by atoms with Gasteiger partial charge < -0.3 is 19.7 Å². The van der Waals surface area contributed by atoms with Crippen LogP contribution in [-0.4, -0.2) is 90.6 Å². The quantitative estimate of drug-likeness (QED) is 0.221. The van der Waals surface area contributed by atoms with Crippen molar-refractivity contribution in [2.75, 3.05) is 31.4 Å². The van der Waals surface area contributed by atoms with Gasteiger partial charge in [-0.25, -0.2) is 28.5 Å². The zero-order valence-corrected chi connectivity index (χ0v) is 28.5. The van der Waals surface area contributed by atoms with Crippen LogP contribution in [0, 0.1) is 0 Å². The van der Waals surface area contributed by atoms with Gasteiger partial charge in [-0.2, -0.15) is 9.97 Å². The number of aryl methyl sites for hydroxylation is 2. The number of benzene rings is 2. The van der Waals surface area contributed by atoms with Gasteiger partial charge in [-0.15, -0.1) is 0 Å². The summed E-state index contributed by atoms with van der Waals surface area (Å²) in [5, 5.41) is 26.4. The first kappa shape index (κ1) is 32.6. The van der Waals surface area contributed by atoms with Crippen molar-refractivity contribution in [2.24, 2.45) is 14.1 Å². The van der Waals surface area contributed by atoms with Crippen LogP contribution in [0.2, 0.25) is 0 Å². The van der Waals surface area contributed by atoms with Crippen LogP contribution < -0.4 is 19.7 Å². The van der Waals surface area contributed by atoms with Crippen molar-refractivity contribution < 1.29 is 9.47 Å². The van der Waals surface area contributed by atoms with E-state index in [9.17, 15) is 0 Å². The first-order valence-corrected chi connectivity index (χ1v) is 15.8. The molecule has 0 unspecified atom stereocenters. The Hall–Kier alpha value is -6.98. The second kappa shape index (κ2) is 14.2. The number of anilines is 2. The van der Waals surface area contributed by atoms with Crippen LogP contribution in [0.15, 0.2) is 84.9 Å². The maximum Gasteiger partial charge on any atom is 0.305 e. The summed E-state index contributed by atoms with van der Waals surface area (Å²) < 4.78 is 18.7. The smallest absolute Gasteiger partial charge is 0.305 e. The van der Waals surface area contributed by atoms with E-state index in [4.69, 9.17) is 9.47 Å². The summed E-state index contributed by atoms with van der Waals surface area (Å²) in [4.78, 5) is 20.1. The number of para-hydroxylation sites is 4. The third-order valence-electron chi connectivity index (χ3n) is 7.67. The summed E-state index contributed by atoms with van der Waals surface area (Å²) in [6.45, 7) is 0.570. The minimum absolute atomic E-state index is 0.282. The monoisotopic (exact) mass is 686 g/mol. The van der Waals surface area contributed by atoms with E-state index < -0.39 is 0 Å². The molecule has 0 saturated heterocycles. The lowest BCUT2D eigenvalue weighted by Gasteiger charge is -2.12. The van der Waals surface area contributed by atoms with Gasteiger partial charge in [-0.3, -0.25) is 0 Å². The summed E-state index contributed by atoms with van der Waals surface area (Å²) in [6.07, 6.45) is 0. The highest BCUT2D eigenvalue weighted by Gasteiger charge is 2.19. The van der Waals surface area contributed by atoms with Gasteiger partial charge in [-0.1, -0.05) is 46.6 Å². The van der Waals surface area contributed by atoms with Crippen LogP contribution in [-0.2, 0) is 27.3 Å². The molecular weight excluding hydrogens is 652 g/mol. The minimum Gasteiger partial charge on any atom is -0.458 e. The van der Waals surface area contributed by atoms with Gasteiger partial charge in [0.05, 0.1) is 33.5 Å². The molecule has 0 atom stereocenters. The number of ether oxygens (including phenoxy) is 2. The molecule has 18 nitrogen and oxygen atoms in total. The Morgan fingerprint density at radius 1 is 0.608 bits per heavy atom. The molecule has 8 rings (SSSR count). The summed E-state index contributed by atoms with van der Waals surface area (Å²) in [7, 11) is 9.27. The summed E-state index contributed by atoms with van der Waals surface area (Å²) in [5.41, 5.74) is 4.95. The maximum atomic E-state index is 5.98. The zero-order valence-electron chi connectivity index (χ0n) is 28.5. The first-order chi connectivity index (χ1) is 24.9. The van der Waals surface area contributed by atoms with E-state index in [1.54, 1.807) is 32.6 Å². The fourth-order valence-corrected chi connectivity index (χ4v) is 5.19. The summed E-state index contributed by atoms with van der Waals surface area (Å²) >= 11 is 0. The highest BCUT2D eigenvalue weighted by Crippen LogP contribution is 2.26. The van der Waals surface area contributed by atoms with Gasteiger partial charge in [0, 0.05) is 35.2 Å². The Labute approximate surface area is 291 Å². The first-order valence-electron chi connectivity index (χ1n) is 15.8. The maximum absolute atomic E-state index is 5.98. The predicted molar refractivity (Wildman–Crippen MR) is 188 cm³/mol. The number of imidazole rings is 2. The number of nitrogens with one attached hydrogen (secondary N) is 1. The number of pyridine rings is 2. The SMILES string of the molecule is CN(C)c1cccc(COc2nc3ccccc3n2-c2nnnn2C)n1.CNc1cccc(COc2nc3ccccc3n2-c2nnnn2C)n1. The average molecular weight is 687 g/mol. The molecule has 18 heteroatoms. The van der Waals surface area contributed by atoms with Gasteiger partial charge in [0.2, 0.25) is 0 Å². The fourth-order valence-electron chi connectivity index (χ4n) is 5.19. The van der Waals surface area contributed by atoms with Crippen molar-refractivity contribution in [1.82, 2.24) is 69.5 Å². The molecule has 0 amide bonds. The van der Waals surface area contributed by atoms with Gasteiger partial charge in [0.25, 0.3) is 11.9 Å². The standard InChI is InChI=1S/C17H18N8O.C16H16N8O/c1-23(2)15-10-6-7-12(18-15)11-26-17-19-13-8-4-5-9-14(13)25(17)16-20-21-22-24(16)3;1-17-14-9-5-6-11(18-14)10-25-16-19-12-7-3-4-8-13(12)24(16)15-20-21-22-23(15)2/h4-10H,11H2,1-3H3;3-9H,10H2,1-2H3,(H,17,18). The third kappa shape index (κ3) is 6.82. The molecule has 1 N–H and O–H groups in total. The number of hydrogen-bond donors (Lipinski definition) is 1. The fraction of sp³-hybridized carbons (Fsp3) is 0.212. The molecule has 0 aliphatic carbocycles. The number of nitrogens with zero attached hydrogens (tertiary/aromatic N) is 15. The third-order valence-corrected chi connectivity index (χ3v) is 7.67. The molecule has 6 aromatic heterocycles. The number of rotatable bonds is 10. The van der Waals surface area contributed by atoms with Crippen molar-refractivity contribution in [2.45, 2.75) is 13.2 Å². The Morgan fingerprint density at radius 2 is 1.12 bits per heavy atom. The number of aromatic nitrogens is 14. The lowest BCUT2D eigenvalue weighted by molar-refractivity contribution is 0.272. The Kier molecular flexibility index (Phi) is 9.10. The van der Waals surface area contributed by atoms with Crippen molar-refractivity contribution in [1.29, 1.82) is 0 Å².